The van der Waals surface area contributed by atoms with Gasteiger partial charge in [-0.2, -0.15) is 0 Å². The van der Waals surface area contributed by atoms with Gasteiger partial charge in [-0.15, -0.1) is 0 Å². The van der Waals surface area contributed by atoms with Crippen LogP contribution in [-0.4, -0.2) is 35.4 Å². The van der Waals surface area contributed by atoms with Gasteiger partial charge in [-0.1, -0.05) is 29.8 Å². The molecule has 0 aliphatic heterocycles. The van der Waals surface area contributed by atoms with Crippen molar-refractivity contribution in [1.82, 2.24) is 9.88 Å². The zero-order valence-electron chi connectivity index (χ0n) is 21.0. The Morgan fingerprint density at radius 3 is 2.53 bits per heavy atom. The second-order valence-corrected chi connectivity index (χ2v) is 8.43. The molecule has 1 aromatic heterocycles. The first-order valence-electron chi connectivity index (χ1n) is 11.5. The zero-order valence-corrected chi connectivity index (χ0v) is 21.0. The lowest BCUT2D eigenvalue weighted by Crippen LogP contribution is -2.36. The lowest BCUT2D eigenvalue weighted by Gasteiger charge is -2.21. The predicted molar refractivity (Wildman–Crippen MR) is 137 cm³/mol. The Morgan fingerprint density at radius 1 is 1.08 bits per heavy atom. The summed E-state index contributed by atoms with van der Waals surface area (Å²) in [5.74, 6) is -0.125. The number of esters is 1. The molecular weight excluding hydrogens is 462 g/mol. The quantitative estimate of drug-likeness (QED) is 0.405. The van der Waals surface area contributed by atoms with E-state index in [0.29, 0.717) is 17.0 Å². The number of hydrogen-bond donors (Lipinski definition) is 3. The second kappa shape index (κ2) is 11.4. The summed E-state index contributed by atoms with van der Waals surface area (Å²) >= 11 is 0. The van der Waals surface area contributed by atoms with Crippen molar-refractivity contribution in [3.63, 3.8) is 0 Å². The molecule has 0 bridgehead atoms. The number of rotatable bonds is 8. The van der Waals surface area contributed by atoms with E-state index in [2.05, 4.69) is 10.6 Å². The molecule has 0 spiro atoms. The molecule has 2 amide bonds. The van der Waals surface area contributed by atoms with E-state index in [4.69, 9.17) is 9.47 Å². The molecule has 190 valence electrons. The van der Waals surface area contributed by atoms with Crippen LogP contribution in [0.2, 0.25) is 0 Å². The highest BCUT2D eigenvalue weighted by Crippen LogP contribution is 2.29. The highest BCUT2D eigenvalue weighted by molar-refractivity contribution is 5.91. The van der Waals surface area contributed by atoms with Crippen LogP contribution < -0.4 is 20.9 Å². The van der Waals surface area contributed by atoms with Gasteiger partial charge in [0.2, 0.25) is 0 Å². The number of nitrogens with one attached hydrogen (secondary N) is 2. The largest absolute Gasteiger partial charge is 0.505 e. The first kappa shape index (κ1) is 26.3. The van der Waals surface area contributed by atoms with E-state index in [1.54, 1.807) is 21.0 Å². The third kappa shape index (κ3) is 6.24. The number of nitrogens with zero attached hydrogens (tertiary/aromatic N) is 1. The summed E-state index contributed by atoms with van der Waals surface area (Å²) in [6.07, 6.45) is -0.125. The maximum absolute atomic E-state index is 12.9. The number of hydrogen-bond acceptors (Lipinski definition) is 6. The molecule has 0 unspecified atom stereocenters. The molecule has 3 N–H and O–H groups in total. The molecule has 9 nitrogen and oxygen atoms in total. The van der Waals surface area contributed by atoms with Crippen LogP contribution in [0.15, 0.2) is 53.3 Å². The third-order valence-electron chi connectivity index (χ3n) is 5.77. The van der Waals surface area contributed by atoms with Crippen LogP contribution in [-0.2, 0) is 16.6 Å². The Hall–Kier alpha value is -4.27. The fraction of sp³-hybridized carbons (Fsp3) is 0.296. The first-order chi connectivity index (χ1) is 17.1. The van der Waals surface area contributed by atoms with Crippen molar-refractivity contribution in [2.75, 3.05) is 19.0 Å². The van der Waals surface area contributed by atoms with Gasteiger partial charge in [0.1, 0.15) is 11.5 Å². The van der Waals surface area contributed by atoms with E-state index >= 15 is 0 Å². The molecule has 1 heterocycles. The number of aromatic nitrogens is 1. The molecule has 1 atom stereocenters. The van der Waals surface area contributed by atoms with E-state index in [1.807, 2.05) is 49.4 Å². The smallest absolute Gasteiger partial charge is 0.319 e. The average Bonchev–Trinajstić information content (AvgIpc) is 2.84. The molecule has 0 aliphatic carbocycles. The lowest BCUT2D eigenvalue weighted by molar-refractivity contribution is -0.143. The number of amides is 2. The molecule has 2 aromatic carbocycles. The van der Waals surface area contributed by atoms with Crippen LogP contribution in [0.1, 0.15) is 36.2 Å². The second-order valence-electron chi connectivity index (χ2n) is 8.43. The molecule has 0 saturated carbocycles. The van der Waals surface area contributed by atoms with Crippen molar-refractivity contribution < 1.29 is 24.2 Å². The predicted octanol–water partition coefficient (Wildman–Crippen LogP) is 4.20. The van der Waals surface area contributed by atoms with Crippen LogP contribution >= 0.6 is 0 Å². The summed E-state index contributed by atoms with van der Waals surface area (Å²) in [6.45, 7) is 5.49. The highest BCUT2D eigenvalue weighted by Gasteiger charge is 2.22. The Labute approximate surface area is 209 Å². The van der Waals surface area contributed by atoms with E-state index < -0.39 is 23.6 Å². The number of methoxy groups -OCH3 is 1. The van der Waals surface area contributed by atoms with Crippen molar-refractivity contribution in [3.8, 4) is 22.6 Å². The summed E-state index contributed by atoms with van der Waals surface area (Å²) in [4.78, 5) is 37.8. The topological polar surface area (TPSA) is 119 Å². The van der Waals surface area contributed by atoms with Gasteiger partial charge in [0, 0.05) is 18.8 Å². The third-order valence-corrected chi connectivity index (χ3v) is 5.77. The number of benzene rings is 2. The Bertz CT molecular complexity index is 1330. The van der Waals surface area contributed by atoms with Gasteiger partial charge < -0.3 is 29.8 Å². The van der Waals surface area contributed by atoms with Gasteiger partial charge in [0.05, 0.1) is 26.2 Å². The number of urea groups is 1. The Kier molecular flexibility index (Phi) is 8.37. The Balaban J connectivity index is 1.95. The van der Waals surface area contributed by atoms with E-state index in [0.717, 1.165) is 16.7 Å². The molecule has 0 radical (unpaired) electrons. The van der Waals surface area contributed by atoms with Gasteiger partial charge >= 0.3 is 12.0 Å². The molecule has 0 saturated heterocycles. The molecule has 3 aromatic rings. The number of pyridine rings is 1. The highest BCUT2D eigenvalue weighted by atomic mass is 16.5. The maximum atomic E-state index is 12.9. The van der Waals surface area contributed by atoms with Gasteiger partial charge in [-0.3, -0.25) is 9.59 Å². The fourth-order valence-electron chi connectivity index (χ4n) is 3.85. The SMILES string of the molecule is CCOC(=O)C[C@H](NC(=O)Nc1c(O)cc(C)n(C)c1=O)c1cc(C)cc(-c2cccc(OC)c2)c1. The zero-order chi connectivity index (χ0) is 26.4. The van der Waals surface area contributed by atoms with Crippen LogP contribution in [0, 0.1) is 13.8 Å². The lowest BCUT2D eigenvalue weighted by atomic mass is 9.95. The average molecular weight is 494 g/mol. The van der Waals surface area contributed by atoms with E-state index in [-0.39, 0.29) is 24.5 Å². The van der Waals surface area contributed by atoms with Crippen LogP contribution in [0.5, 0.6) is 11.5 Å². The summed E-state index contributed by atoms with van der Waals surface area (Å²) < 4.78 is 11.8. The van der Waals surface area contributed by atoms with Crippen molar-refractivity contribution >= 4 is 17.7 Å². The standard InChI is InChI=1S/C27H31N3O6/c1-6-36-24(32)15-22(28-27(34)29-25-23(31)12-17(3)30(4)26(25)33)20-11-16(2)10-19(13-20)18-8-7-9-21(14-18)35-5/h7-14,22,31H,6,15H2,1-5H3,(H2,28,29,34)/t22-/m0/s1. The summed E-state index contributed by atoms with van der Waals surface area (Å²) in [7, 11) is 3.13. The number of anilines is 1. The number of aromatic hydroxyl groups is 1. The molecule has 36 heavy (non-hydrogen) atoms. The number of ether oxygens (including phenoxy) is 2. The molecule has 9 heteroatoms. The number of aryl methyl sites for hydroxylation is 2. The van der Waals surface area contributed by atoms with Crippen molar-refractivity contribution in [1.29, 1.82) is 0 Å². The molecule has 3 rings (SSSR count). The van der Waals surface area contributed by atoms with Gasteiger partial charge in [0.15, 0.2) is 5.69 Å². The van der Waals surface area contributed by atoms with Gasteiger partial charge in [0.25, 0.3) is 5.56 Å². The summed E-state index contributed by atoms with van der Waals surface area (Å²) in [5.41, 5.74) is 3.12. The van der Waals surface area contributed by atoms with E-state index in [9.17, 15) is 19.5 Å². The van der Waals surface area contributed by atoms with Crippen LogP contribution in [0.3, 0.4) is 0 Å². The fourth-order valence-corrected chi connectivity index (χ4v) is 3.85. The van der Waals surface area contributed by atoms with Crippen LogP contribution in [0.4, 0.5) is 10.5 Å². The van der Waals surface area contributed by atoms with Gasteiger partial charge in [-0.25, -0.2) is 4.79 Å². The molecule has 0 aliphatic rings. The minimum absolute atomic E-state index is 0.125. The number of carbonyl (C=O) groups excluding carboxylic acids is 2. The monoisotopic (exact) mass is 493 g/mol. The summed E-state index contributed by atoms with van der Waals surface area (Å²) in [5, 5.41) is 15.4. The van der Waals surface area contributed by atoms with Crippen LogP contribution in [0.25, 0.3) is 11.1 Å². The summed E-state index contributed by atoms with van der Waals surface area (Å²) in [6, 6.07) is 13.2. The number of carbonyl (C=O) groups is 2. The first-order valence-corrected chi connectivity index (χ1v) is 11.5. The Morgan fingerprint density at radius 2 is 1.83 bits per heavy atom. The maximum Gasteiger partial charge on any atom is 0.319 e. The van der Waals surface area contributed by atoms with Crippen molar-refractivity contribution in [2.24, 2.45) is 7.05 Å². The molecule has 0 fully saturated rings. The molecular formula is C27H31N3O6. The van der Waals surface area contributed by atoms with Crippen molar-refractivity contribution in [3.05, 3.63) is 75.7 Å². The normalized spacial score (nSPS) is 11.5. The van der Waals surface area contributed by atoms with E-state index in [1.165, 1.54) is 17.7 Å². The van der Waals surface area contributed by atoms with Gasteiger partial charge in [-0.05, 0) is 55.7 Å². The minimum atomic E-state index is -0.759. The minimum Gasteiger partial charge on any atom is -0.505 e. The van der Waals surface area contributed by atoms with Crippen molar-refractivity contribution in [2.45, 2.75) is 33.2 Å².